The summed E-state index contributed by atoms with van der Waals surface area (Å²) in [6, 6.07) is 83.4. The maximum absolute atomic E-state index is 5.43. The fourth-order valence-electron chi connectivity index (χ4n) is 10.1. The molecule has 0 fully saturated rings. The summed E-state index contributed by atoms with van der Waals surface area (Å²) in [6.45, 7) is 0. The van der Waals surface area contributed by atoms with Crippen LogP contribution in [0.25, 0.3) is 88.0 Å². The second-order valence-electron chi connectivity index (χ2n) is 16.8. The Morgan fingerprint density at radius 1 is 0.344 bits per heavy atom. The molecule has 0 saturated heterocycles. The van der Waals surface area contributed by atoms with E-state index in [1.165, 1.54) is 76.9 Å². The second kappa shape index (κ2) is 14.6. The minimum atomic E-state index is -0.0821. The number of benzene rings is 10. The summed E-state index contributed by atoms with van der Waals surface area (Å²) in [5, 5.41) is 11.2. The van der Waals surface area contributed by atoms with Gasteiger partial charge in [-0.3, -0.25) is 0 Å². The summed E-state index contributed by atoms with van der Waals surface area (Å²) in [5.74, 6) is 0.856. The molecule has 1 atom stereocenters. The van der Waals surface area contributed by atoms with E-state index in [1.54, 1.807) is 0 Å². The third-order valence-corrected chi connectivity index (χ3v) is 13.2. The van der Waals surface area contributed by atoms with Gasteiger partial charge in [-0.05, 0) is 93.9 Å². The zero-order valence-corrected chi connectivity index (χ0v) is 34.9. The van der Waals surface area contributed by atoms with Crippen LogP contribution in [0.4, 0.5) is 5.69 Å². The molecule has 3 heterocycles. The van der Waals surface area contributed by atoms with E-state index in [0.29, 0.717) is 0 Å². The third kappa shape index (κ3) is 5.80. The lowest BCUT2D eigenvalue weighted by Gasteiger charge is -2.29. The Balaban J connectivity index is 0.916. The van der Waals surface area contributed by atoms with Crippen molar-refractivity contribution in [2.45, 2.75) is 6.04 Å². The van der Waals surface area contributed by atoms with Crippen LogP contribution in [0.3, 0.4) is 0 Å². The largest absolute Gasteiger partial charge is 0.359 e. The van der Waals surface area contributed by atoms with E-state index in [2.05, 4.69) is 245 Å². The highest BCUT2D eigenvalue weighted by molar-refractivity contribution is 6.13. The fraction of sp³-hybridized carbons (Fsp3) is 0.0167. The highest BCUT2D eigenvalue weighted by Gasteiger charge is 2.26. The SMILES string of the molecule is c1ccc(-c2ccc(C3NC(c4cccc(-n5c6ccccc6c6cc(-c7ccc8c(c7)c7ccccc7n8-c7ccccc7)ccc65)c4)=Nc4c3ccc3ccccc43)cc2)cc1. The average Bonchev–Trinajstić information content (AvgIpc) is 3.89. The molecule has 13 rings (SSSR count). The van der Waals surface area contributed by atoms with Crippen LogP contribution in [0.2, 0.25) is 0 Å². The molecule has 1 aliphatic rings. The minimum Gasteiger partial charge on any atom is -0.359 e. The normalized spacial score (nSPS) is 13.7. The van der Waals surface area contributed by atoms with E-state index in [0.717, 1.165) is 39.4 Å². The van der Waals surface area contributed by atoms with Crippen LogP contribution < -0.4 is 5.32 Å². The molecule has 0 amide bonds. The van der Waals surface area contributed by atoms with E-state index in [1.807, 2.05) is 0 Å². The van der Waals surface area contributed by atoms with Gasteiger partial charge in [-0.2, -0.15) is 0 Å². The van der Waals surface area contributed by atoms with Crippen molar-refractivity contribution in [3.8, 4) is 33.6 Å². The number of para-hydroxylation sites is 3. The van der Waals surface area contributed by atoms with Crippen molar-refractivity contribution in [3.63, 3.8) is 0 Å². The van der Waals surface area contributed by atoms with Crippen LogP contribution in [-0.2, 0) is 0 Å². The molecule has 300 valence electrons. The highest BCUT2D eigenvalue weighted by Crippen LogP contribution is 2.42. The maximum atomic E-state index is 5.43. The van der Waals surface area contributed by atoms with Gasteiger partial charge in [-0.1, -0.05) is 170 Å². The number of fused-ring (bicyclic) bond motifs is 9. The molecule has 0 radical (unpaired) electrons. The van der Waals surface area contributed by atoms with Gasteiger partial charge in [0.25, 0.3) is 0 Å². The molecule has 10 aromatic carbocycles. The topological polar surface area (TPSA) is 34.2 Å². The summed E-state index contributed by atoms with van der Waals surface area (Å²) >= 11 is 0. The maximum Gasteiger partial charge on any atom is 0.134 e. The first-order valence-electron chi connectivity index (χ1n) is 22.0. The van der Waals surface area contributed by atoms with Gasteiger partial charge in [0.15, 0.2) is 0 Å². The first-order valence-corrected chi connectivity index (χ1v) is 22.0. The van der Waals surface area contributed by atoms with Crippen LogP contribution >= 0.6 is 0 Å². The number of hydrogen-bond acceptors (Lipinski definition) is 2. The summed E-state index contributed by atoms with van der Waals surface area (Å²) in [5.41, 5.74) is 16.2. The average molecular weight is 817 g/mol. The Bertz CT molecular complexity index is 3800. The molecule has 0 saturated carbocycles. The first kappa shape index (κ1) is 36.2. The van der Waals surface area contributed by atoms with Crippen molar-refractivity contribution in [3.05, 3.63) is 247 Å². The molecule has 0 spiro atoms. The summed E-state index contributed by atoms with van der Waals surface area (Å²) in [6.07, 6.45) is 0. The summed E-state index contributed by atoms with van der Waals surface area (Å²) in [4.78, 5) is 5.43. The smallest absolute Gasteiger partial charge is 0.134 e. The monoisotopic (exact) mass is 816 g/mol. The molecule has 64 heavy (non-hydrogen) atoms. The molecule has 1 N–H and O–H groups in total. The molecule has 4 nitrogen and oxygen atoms in total. The minimum absolute atomic E-state index is 0.0821. The highest BCUT2D eigenvalue weighted by atomic mass is 15.1. The Morgan fingerprint density at radius 3 is 1.55 bits per heavy atom. The van der Waals surface area contributed by atoms with Gasteiger partial charge >= 0.3 is 0 Å². The zero-order chi connectivity index (χ0) is 42.1. The van der Waals surface area contributed by atoms with Gasteiger partial charge in [0, 0.05) is 49.4 Å². The number of amidine groups is 1. The molecular weight excluding hydrogens is 777 g/mol. The van der Waals surface area contributed by atoms with Crippen molar-refractivity contribution in [2.75, 3.05) is 0 Å². The molecule has 12 aromatic rings. The van der Waals surface area contributed by atoms with Crippen LogP contribution in [0, 0.1) is 0 Å². The Kier molecular flexibility index (Phi) is 8.25. The lowest BCUT2D eigenvalue weighted by molar-refractivity contribution is 0.751. The Hall–Kier alpha value is -8.47. The lowest BCUT2D eigenvalue weighted by atomic mass is 9.91. The summed E-state index contributed by atoms with van der Waals surface area (Å²) in [7, 11) is 0. The van der Waals surface area contributed by atoms with Crippen LogP contribution in [-0.4, -0.2) is 15.0 Å². The van der Waals surface area contributed by atoms with Crippen LogP contribution in [0.15, 0.2) is 236 Å². The summed E-state index contributed by atoms with van der Waals surface area (Å²) < 4.78 is 4.78. The lowest BCUT2D eigenvalue weighted by Crippen LogP contribution is -2.33. The Labute approximate surface area is 370 Å². The standard InChI is InChI=1S/C60H40N4/c1-3-14-39(15-4-1)40-26-28-42(29-27-40)58-51-33-30-41-16-7-8-21-48(41)59(51)62-60(61-58)45-17-13-20-47(36-45)64-55-25-12-10-23-50(55)53-38-44(32-35-57(53)64)43-31-34-56-52(37-43)49-22-9-11-24-54(49)63(56)46-18-5-2-6-19-46/h1-38,58H,(H,61,62). The van der Waals surface area contributed by atoms with Crippen molar-refractivity contribution in [1.82, 2.24) is 14.5 Å². The number of aromatic nitrogens is 2. The van der Waals surface area contributed by atoms with Gasteiger partial charge in [0.2, 0.25) is 0 Å². The van der Waals surface area contributed by atoms with Crippen molar-refractivity contribution < 1.29 is 0 Å². The van der Waals surface area contributed by atoms with E-state index in [4.69, 9.17) is 4.99 Å². The fourth-order valence-corrected chi connectivity index (χ4v) is 10.1. The molecule has 0 bridgehead atoms. The number of nitrogens with zero attached hydrogens (tertiary/aromatic N) is 3. The molecule has 0 aliphatic carbocycles. The molecule has 4 heteroatoms. The predicted molar refractivity (Wildman–Crippen MR) is 268 cm³/mol. The van der Waals surface area contributed by atoms with Gasteiger partial charge in [-0.25, -0.2) is 4.99 Å². The predicted octanol–water partition coefficient (Wildman–Crippen LogP) is 15.1. The first-order chi connectivity index (χ1) is 31.7. The van der Waals surface area contributed by atoms with E-state index >= 15 is 0 Å². The van der Waals surface area contributed by atoms with Gasteiger partial charge in [0.05, 0.1) is 33.8 Å². The van der Waals surface area contributed by atoms with Crippen LogP contribution in [0.1, 0.15) is 22.7 Å². The van der Waals surface area contributed by atoms with Gasteiger partial charge < -0.3 is 14.5 Å². The van der Waals surface area contributed by atoms with Crippen molar-refractivity contribution in [2.24, 2.45) is 4.99 Å². The second-order valence-corrected chi connectivity index (χ2v) is 16.8. The zero-order valence-electron chi connectivity index (χ0n) is 34.9. The molecule has 1 unspecified atom stereocenters. The van der Waals surface area contributed by atoms with E-state index in [-0.39, 0.29) is 6.04 Å². The van der Waals surface area contributed by atoms with Crippen molar-refractivity contribution in [1.29, 1.82) is 0 Å². The van der Waals surface area contributed by atoms with Crippen molar-refractivity contribution >= 4 is 65.9 Å². The number of aliphatic imine (C=N–C) groups is 1. The molecule has 1 aliphatic heterocycles. The molecule has 2 aromatic heterocycles. The van der Waals surface area contributed by atoms with E-state index < -0.39 is 0 Å². The quantitative estimate of drug-likeness (QED) is 0.178. The third-order valence-electron chi connectivity index (χ3n) is 13.2. The van der Waals surface area contributed by atoms with Crippen LogP contribution in [0.5, 0.6) is 0 Å². The molecular formula is C60H40N4. The Morgan fingerprint density at radius 2 is 0.859 bits per heavy atom. The number of nitrogens with one attached hydrogen (secondary N) is 1. The number of rotatable bonds is 6. The van der Waals surface area contributed by atoms with Gasteiger partial charge in [-0.15, -0.1) is 0 Å². The number of hydrogen-bond donors (Lipinski definition) is 1. The van der Waals surface area contributed by atoms with Gasteiger partial charge in [0.1, 0.15) is 5.84 Å². The van der Waals surface area contributed by atoms with E-state index in [9.17, 15) is 0 Å².